The maximum Gasteiger partial charge on any atom is 0.314 e. The average molecular weight is 355 g/mol. The highest BCUT2D eigenvalue weighted by atomic mass is 16.5. The number of piperidine rings is 1. The molecule has 2 aliphatic rings. The molecule has 2 saturated heterocycles. The van der Waals surface area contributed by atoms with Gasteiger partial charge in [-0.25, -0.2) is 0 Å². The third-order valence-electron chi connectivity index (χ3n) is 5.49. The Morgan fingerprint density at radius 1 is 1.24 bits per heavy atom. The van der Waals surface area contributed by atoms with E-state index in [-0.39, 0.29) is 23.9 Å². The van der Waals surface area contributed by atoms with E-state index in [1.807, 2.05) is 11.8 Å². The van der Waals surface area contributed by atoms with E-state index in [0.717, 1.165) is 25.7 Å². The summed E-state index contributed by atoms with van der Waals surface area (Å²) in [6, 6.07) is 0. The highest BCUT2D eigenvalue weighted by molar-refractivity contribution is 5.81. The number of carbonyl (C=O) groups excluding carboxylic acids is 2. The Balaban J connectivity index is 1.93. The zero-order valence-electron chi connectivity index (χ0n) is 15.9. The lowest BCUT2D eigenvalue weighted by Crippen LogP contribution is -2.51. The Bertz CT molecular complexity index is 443. The summed E-state index contributed by atoms with van der Waals surface area (Å²) in [6.45, 7) is 6.54. The van der Waals surface area contributed by atoms with Crippen LogP contribution in [0.1, 0.15) is 52.4 Å². The standard InChI is InChI=1S/C19H33NO5/c1-4-6-16-13-15(7-12-25-16)17(21)20-10-8-19(9-11-20,14-23-3)18(22)24-5-2/h15-16H,4-14H2,1-3H3/t15-,16-/m1/s1. The molecule has 2 heterocycles. The number of amides is 1. The lowest BCUT2D eigenvalue weighted by atomic mass is 9.78. The number of carbonyl (C=O) groups is 2. The SMILES string of the molecule is CCC[C@@H]1C[C@H](C(=O)N2CCC(COC)(C(=O)OCC)CC2)CCO1. The molecule has 0 bridgehead atoms. The number of ether oxygens (including phenoxy) is 3. The first-order valence-corrected chi connectivity index (χ1v) is 9.62. The number of hydrogen-bond acceptors (Lipinski definition) is 5. The summed E-state index contributed by atoms with van der Waals surface area (Å²) in [5.41, 5.74) is -0.609. The quantitative estimate of drug-likeness (QED) is 0.656. The maximum atomic E-state index is 12.9. The molecule has 1 amide bonds. The van der Waals surface area contributed by atoms with E-state index in [1.54, 1.807) is 7.11 Å². The molecular formula is C19H33NO5. The first-order chi connectivity index (χ1) is 12.1. The number of esters is 1. The first kappa shape index (κ1) is 20.2. The van der Waals surface area contributed by atoms with Gasteiger partial charge in [0.2, 0.25) is 5.91 Å². The van der Waals surface area contributed by atoms with Gasteiger partial charge in [0.1, 0.15) is 0 Å². The first-order valence-electron chi connectivity index (χ1n) is 9.62. The molecule has 6 nitrogen and oxygen atoms in total. The molecule has 2 aliphatic heterocycles. The molecule has 0 aliphatic carbocycles. The summed E-state index contributed by atoms with van der Waals surface area (Å²) in [6.07, 6.45) is 5.14. The van der Waals surface area contributed by atoms with Crippen LogP contribution in [0.15, 0.2) is 0 Å². The summed E-state index contributed by atoms with van der Waals surface area (Å²) >= 11 is 0. The predicted octanol–water partition coefficient (Wildman–Crippen LogP) is 2.40. The Morgan fingerprint density at radius 2 is 1.96 bits per heavy atom. The van der Waals surface area contributed by atoms with Gasteiger partial charge in [0.05, 0.1) is 24.7 Å². The minimum Gasteiger partial charge on any atom is -0.465 e. The average Bonchev–Trinajstić information content (AvgIpc) is 2.63. The summed E-state index contributed by atoms with van der Waals surface area (Å²) in [5.74, 6) is 0.0834. The fourth-order valence-electron chi connectivity index (χ4n) is 4.01. The minimum atomic E-state index is -0.609. The van der Waals surface area contributed by atoms with Crippen molar-refractivity contribution in [1.29, 1.82) is 0 Å². The predicted molar refractivity (Wildman–Crippen MR) is 94.1 cm³/mol. The number of hydrogen-bond donors (Lipinski definition) is 0. The summed E-state index contributed by atoms with van der Waals surface area (Å²) < 4.78 is 16.3. The van der Waals surface area contributed by atoms with Crippen molar-refractivity contribution in [3.05, 3.63) is 0 Å². The van der Waals surface area contributed by atoms with Crippen LogP contribution >= 0.6 is 0 Å². The molecule has 2 rings (SSSR count). The van der Waals surface area contributed by atoms with E-state index in [4.69, 9.17) is 14.2 Å². The van der Waals surface area contributed by atoms with Crippen molar-refractivity contribution in [2.45, 2.75) is 58.5 Å². The van der Waals surface area contributed by atoms with E-state index in [9.17, 15) is 9.59 Å². The van der Waals surface area contributed by atoms with Gasteiger partial charge in [-0.3, -0.25) is 9.59 Å². The van der Waals surface area contributed by atoms with E-state index in [2.05, 4.69) is 6.92 Å². The second-order valence-electron chi connectivity index (χ2n) is 7.26. The second-order valence-corrected chi connectivity index (χ2v) is 7.26. The fourth-order valence-corrected chi connectivity index (χ4v) is 4.01. The zero-order chi connectivity index (χ0) is 18.3. The molecule has 0 radical (unpaired) electrons. The van der Waals surface area contributed by atoms with Crippen LogP contribution in [0.5, 0.6) is 0 Å². The van der Waals surface area contributed by atoms with Gasteiger partial charge in [-0.2, -0.15) is 0 Å². The summed E-state index contributed by atoms with van der Waals surface area (Å²) in [5, 5.41) is 0. The lowest BCUT2D eigenvalue weighted by molar-refractivity contribution is -0.165. The van der Waals surface area contributed by atoms with Crippen LogP contribution < -0.4 is 0 Å². The van der Waals surface area contributed by atoms with Crippen molar-refractivity contribution in [2.75, 3.05) is 40.0 Å². The van der Waals surface area contributed by atoms with Crippen molar-refractivity contribution in [2.24, 2.45) is 11.3 Å². The van der Waals surface area contributed by atoms with E-state index < -0.39 is 5.41 Å². The third kappa shape index (κ3) is 4.94. The number of methoxy groups -OCH3 is 1. The van der Waals surface area contributed by atoms with Crippen LogP contribution in [0.4, 0.5) is 0 Å². The monoisotopic (exact) mass is 355 g/mol. The molecular weight excluding hydrogens is 322 g/mol. The van der Waals surface area contributed by atoms with Gasteiger partial charge >= 0.3 is 5.97 Å². The van der Waals surface area contributed by atoms with Crippen molar-refractivity contribution in [1.82, 2.24) is 4.90 Å². The van der Waals surface area contributed by atoms with Crippen LogP contribution in [0.2, 0.25) is 0 Å². The topological polar surface area (TPSA) is 65.1 Å². The van der Waals surface area contributed by atoms with Crippen molar-refractivity contribution >= 4 is 11.9 Å². The molecule has 2 fully saturated rings. The number of likely N-dealkylation sites (tertiary alicyclic amines) is 1. The highest BCUT2D eigenvalue weighted by Crippen LogP contribution is 2.35. The van der Waals surface area contributed by atoms with Crippen LogP contribution in [-0.2, 0) is 23.8 Å². The molecule has 0 spiro atoms. The summed E-state index contributed by atoms with van der Waals surface area (Å²) in [7, 11) is 1.61. The van der Waals surface area contributed by atoms with Crippen molar-refractivity contribution in [3.8, 4) is 0 Å². The largest absolute Gasteiger partial charge is 0.465 e. The van der Waals surface area contributed by atoms with Gasteiger partial charge in [0.15, 0.2) is 0 Å². The van der Waals surface area contributed by atoms with Crippen molar-refractivity contribution in [3.63, 3.8) is 0 Å². The Labute approximate surface area is 151 Å². The normalized spacial score (nSPS) is 26.3. The molecule has 2 atom stereocenters. The fraction of sp³-hybridized carbons (Fsp3) is 0.895. The Kier molecular flexibility index (Phi) is 7.69. The second kappa shape index (κ2) is 9.53. The van der Waals surface area contributed by atoms with E-state index >= 15 is 0 Å². The minimum absolute atomic E-state index is 0.0582. The van der Waals surface area contributed by atoms with Gasteiger partial charge in [0.25, 0.3) is 0 Å². The molecule has 0 aromatic heterocycles. The van der Waals surface area contributed by atoms with Gasteiger partial charge in [0, 0.05) is 32.7 Å². The molecule has 144 valence electrons. The van der Waals surface area contributed by atoms with Gasteiger partial charge in [-0.15, -0.1) is 0 Å². The Morgan fingerprint density at radius 3 is 2.56 bits per heavy atom. The molecule has 6 heteroatoms. The van der Waals surface area contributed by atoms with Gasteiger partial charge < -0.3 is 19.1 Å². The van der Waals surface area contributed by atoms with Gasteiger partial charge in [-0.1, -0.05) is 13.3 Å². The third-order valence-corrected chi connectivity index (χ3v) is 5.49. The highest BCUT2D eigenvalue weighted by Gasteiger charge is 2.44. The summed E-state index contributed by atoms with van der Waals surface area (Å²) in [4.78, 5) is 27.2. The van der Waals surface area contributed by atoms with Crippen LogP contribution in [-0.4, -0.2) is 62.9 Å². The molecule has 0 aromatic carbocycles. The maximum absolute atomic E-state index is 12.9. The lowest BCUT2D eigenvalue weighted by Gasteiger charge is -2.41. The molecule has 0 saturated carbocycles. The van der Waals surface area contributed by atoms with Gasteiger partial charge in [-0.05, 0) is 39.0 Å². The van der Waals surface area contributed by atoms with Crippen molar-refractivity contribution < 1.29 is 23.8 Å². The molecule has 0 aromatic rings. The van der Waals surface area contributed by atoms with E-state index in [1.165, 1.54) is 0 Å². The molecule has 0 N–H and O–H groups in total. The molecule has 0 unspecified atom stereocenters. The number of nitrogens with zero attached hydrogens (tertiary/aromatic N) is 1. The van der Waals surface area contributed by atoms with Crippen LogP contribution in [0, 0.1) is 11.3 Å². The Hall–Kier alpha value is -1.14. The number of rotatable bonds is 7. The smallest absolute Gasteiger partial charge is 0.314 e. The van der Waals surface area contributed by atoms with Crippen LogP contribution in [0.25, 0.3) is 0 Å². The zero-order valence-corrected chi connectivity index (χ0v) is 15.9. The van der Waals surface area contributed by atoms with E-state index in [0.29, 0.717) is 45.8 Å². The van der Waals surface area contributed by atoms with Crippen LogP contribution in [0.3, 0.4) is 0 Å². The molecule has 25 heavy (non-hydrogen) atoms.